The lowest BCUT2D eigenvalue weighted by atomic mass is 9.93. The van der Waals surface area contributed by atoms with Crippen LogP contribution in [-0.2, 0) is 20.8 Å². The molecular weight excluding hydrogens is 458 g/mol. The third kappa shape index (κ3) is 7.03. The summed E-state index contributed by atoms with van der Waals surface area (Å²) in [7, 11) is 0. The van der Waals surface area contributed by atoms with Gasteiger partial charge in [-0.2, -0.15) is 0 Å². The molecule has 0 saturated heterocycles. The first-order chi connectivity index (χ1) is 17.3. The van der Waals surface area contributed by atoms with E-state index in [4.69, 9.17) is 16.9 Å². The lowest BCUT2D eigenvalue weighted by molar-refractivity contribution is -0.685. The largest absolute Gasteiger partial charge is 0.370 e. The highest BCUT2D eigenvalue weighted by atomic mass is 16.2. The molecular formula is C26H36N7O3+. The van der Waals surface area contributed by atoms with Gasteiger partial charge in [-0.1, -0.05) is 65.3 Å². The van der Waals surface area contributed by atoms with Crippen molar-refractivity contribution in [2.75, 3.05) is 11.6 Å². The molecule has 3 rings (SSSR count). The molecule has 10 heteroatoms. The fourth-order valence-corrected chi connectivity index (χ4v) is 4.63. The number of carbonyl (C=O) groups is 3. The summed E-state index contributed by atoms with van der Waals surface area (Å²) in [4.78, 5) is 41.2. The molecule has 0 radical (unpaired) electrons. The van der Waals surface area contributed by atoms with Gasteiger partial charge in [0.2, 0.25) is 11.8 Å². The molecule has 192 valence electrons. The number of nitrogens with zero attached hydrogens (tertiary/aromatic N) is 3. The number of rotatable bonds is 10. The predicted molar refractivity (Wildman–Crippen MR) is 136 cm³/mol. The summed E-state index contributed by atoms with van der Waals surface area (Å²) >= 11 is 0. The molecule has 1 aromatic heterocycles. The monoisotopic (exact) mass is 494 g/mol. The van der Waals surface area contributed by atoms with E-state index >= 15 is 0 Å². The summed E-state index contributed by atoms with van der Waals surface area (Å²) < 4.78 is 1.51. The van der Waals surface area contributed by atoms with Crippen LogP contribution in [-0.4, -0.2) is 53.3 Å². The maximum absolute atomic E-state index is 13.9. The Morgan fingerprint density at radius 2 is 1.64 bits per heavy atom. The number of aromatic nitrogens is 1. The van der Waals surface area contributed by atoms with Crippen LogP contribution < -0.4 is 26.5 Å². The van der Waals surface area contributed by atoms with Crippen molar-refractivity contribution in [3.05, 3.63) is 66.5 Å². The number of carbonyl (C=O) groups excluding carboxylic acids is 3. The average molecular weight is 495 g/mol. The van der Waals surface area contributed by atoms with Gasteiger partial charge in [0.1, 0.15) is 12.6 Å². The highest BCUT2D eigenvalue weighted by Crippen LogP contribution is 2.24. The van der Waals surface area contributed by atoms with Crippen LogP contribution in [0.5, 0.6) is 0 Å². The summed E-state index contributed by atoms with van der Waals surface area (Å²) in [5, 5.41) is 11.8. The molecule has 1 heterocycles. The second kappa shape index (κ2) is 12.7. The molecule has 0 bridgehead atoms. The van der Waals surface area contributed by atoms with Gasteiger partial charge in [-0.25, -0.2) is 0 Å². The Bertz CT molecular complexity index is 1040. The number of nitrogens with one attached hydrogen (secondary N) is 2. The number of hydrogen-bond donors (Lipinski definition) is 4. The summed E-state index contributed by atoms with van der Waals surface area (Å²) in [5.74, 6) is -1.71. The van der Waals surface area contributed by atoms with Gasteiger partial charge in [-0.05, 0) is 25.3 Å². The standard InChI is InChI=1S/C26H35N7O3/c1-19(24(27)35)33(31-15-9-4-10-16-31)23(34)18-32(21-13-7-3-8-14-21)25(36)22(30-26(28)29)17-20-11-5-2-6-12-20/h2,4-6,9-12,15-16,19,21-22H,3,7-8,13-14,17-18H2,1H3,(H5-,27,28,29,30,35)/p+1. The zero-order valence-electron chi connectivity index (χ0n) is 20.7. The van der Waals surface area contributed by atoms with E-state index in [9.17, 15) is 14.4 Å². The average Bonchev–Trinajstić information content (AvgIpc) is 2.88. The van der Waals surface area contributed by atoms with E-state index in [1.54, 1.807) is 42.4 Å². The van der Waals surface area contributed by atoms with Crippen molar-refractivity contribution in [2.24, 2.45) is 11.5 Å². The van der Waals surface area contributed by atoms with Gasteiger partial charge >= 0.3 is 0 Å². The number of amides is 3. The molecule has 1 fully saturated rings. The van der Waals surface area contributed by atoms with Gasteiger partial charge < -0.3 is 21.7 Å². The lowest BCUT2D eigenvalue weighted by Crippen LogP contribution is -2.69. The maximum Gasteiger partial charge on any atom is 0.298 e. The molecule has 36 heavy (non-hydrogen) atoms. The van der Waals surface area contributed by atoms with E-state index in [0.717, 1.165) is 37.7 Å². The quantitative estimate of drug-likeness (QED) is 0.216. The Kier molecular flexibility index (Phi) is 9.38. The molecule has 2 unspecified atom stereocenters. The number of hydrogen-bond acceptors (Lipinski definition) is 4. The molecule has 2 aromatic rings. The Balaban J connectivity index is 1.92. The van der Waals surface area contributed by atoms with Gasteiger partial charge in [0.15, 0.2) is 24.4 Å². The minimum absolute atomic E-state index is 0.131. The van der Waals surface area contributed by atoms with Gasteiger partial charge in [0.05, 0.1) is 0 Å². The molecule has 0 aliphatic heterocycles. The highest BCUT2D eigenvalue weighted by molar-refractivity contribution is 5.96. The first-order valence-corrected chi connectivity index (χ1v) is 12.3. The van der Waals surface area contributed by atoms with Gasteiger partial charge in [-0.3, -0.25) is 19.8 Å². The first kappa shape index (κ1) is 26.7. The number of primary amides is 1. The van der Waals surface area contributed by atoms with Crippen LogP contribution in [0.1, 0.15) is 44.6 Å². The van der Waals surface area contributed by atoms with Gasteiger partial charge in [0, 0.05) is 24.6 Å². The van der Waals surface area contributed by atoms with Crippen molar-refractivity contribution < 1.29 is 19.1 Å². The molecule has 1 saturated carbocycles. The van der Waals surface area contributed by atoms with Crippen LogP contribution in [0.3, 0.4) is 0 Å². The molecule has 0 spiro atoms. The fourth-order valence-electron chi connectivity index (χ4n) is 4.63. The third-order valence-electron chi connectivity index (χ3n) is 6.50. The van der Waals surface area contributed by atoms with E-state index in [2.05, 4.69) is 5.32 Å². The van der Waals surface area contributed by atoms with E-state index < -0.39 is 23.9 Å². The Labute approximate surface area is 211 Å². The molecule has 1 aliphatic rings. The van der Waals surface area contributed by atoms with Crippen LogP contribution in [0, 0.1) is 5.41 Å². The number of benzene rings is 1. The summed E-state index contributed by atoms with van der Waals surface area (Å²) in [6.45, 7) is 1.33. The molecule has 1 aromatic carbocycles. The van der Waals surface area contributed by atoms with Crippen molar-refractivity contribution >= 4 is 23.7 Å². The predicted octanol–water partition coefficient (Wildman–Crippen LogP) is 0.568. The molecule has 6 N–H and O–H groups in total. The van der Waals surface area contributed by atoms with Crippen LogP contribution in [0.2, 0.25) is 0 Å². The Hall–Kier alpha value is -3.95. The fraction of sp³-hybridized carbons (Fsp3) is 0.423. The first-order valence-electron chi connectivity index (χ1n) is 12.3. The molecule has 3 amide bonds. The molecule has 2 atom stereocenters. The van der Waals surface area contributed by atoms with Crippen molar-refractivity contribution in [2.45, 2.75) is 63.6 Å². The van der Waals surface area contributed by atoms with E-state index in [-0.39, 0.29) is 24.5 Å². The Morgan fingerprint density at radius 1 is 1.03 bits per heavy atom. The molecule has 1 aliphatic carbocycles. The summed E-state index contributed by atoms with van der Waals surface area (Å²) in [6.07, 6.45) is 8.17. The SMILES string of the molecule is CC(C(N)=O)N(C(=O)CN(C(=O)C(Cc1ccccc1)NC(=N)N)C1CCCCC1)[n+]1ccccc1. The van der Waals surface area contributed by atoms with Crippen molar-refractivity contribution in [1.29, 1.82) is 5.41 Å². The second-order valence-corrected chi connectivity index (χ2v) is 9.13. The normalized spacial score (nSPS) is 15.4. The second-order valence-electron chi connectivity index (χ2n) is 9.13. The molecule has 10 nitrogen and oxygen atoms in total. The third-order valence-corrected chi connectivity index (χ3v) is 6.50. The van der Waals surface area contributed by atoms with Crippen molar-refractivity contribution in [3.63, 3.8) is 0 Å². The topological polar surface area (TPSA) is 149 Å². The van der Waals surface area contributed by atoms with E-state index in [1.165, 1.54) is 9.69 Å². The zero-order chi connectivity index (χ0) is 26.1. The number of guanidine groups is 1. The van der Waals surface area contributed by atoms with Gasteiger partial charge in [0.25, 0.3) is 5.91 Å². The van der Waals surface area contributed by atoms with Crippen LogP contribution >= 0.6 is 0 Å². The van der Waals surface area contributed by atoms with Crippen molar-refractivity contribution in [3.8, 4) is 0 Å². The maximum atomic E-state index is 13.9. The number of nitrogens with two attached hydrogens (primary N) is 2. The van der Waals surface area contributed by atoms with Crippen LogP contribution in [0.15, 0.2) is 60.9 Å². The van der Waals surface area contributed by atoms with Crippen LogP contribution in [0.25, 0.3) is 0 Å². The smallest absolute Gasteiger partial charge is 0.298 e. The minimum atomic E-state index is -0.927. The van der Waals surface area contributed by atoms with E-state index in [1.807, 2.05) is 30.3 Å². The number of pyridine rings is 1. The van der Waals surface area contributed by atoms with Crippen molar-refractivity contribution in [1.82, 2.24) is 10.2 Å². The Morgan fingerprint density at radius 3 is 2.22 bits per heavy atom. The van der Waals surface area contributed by atoms with E-state index in [0.29, 0.717) is 6.42 Å². The van der Waals surface area contributed by atoms with Crippen LogP contribution in [0.4, 0.5) is 0 Å². The lowest BCUT2D eigenvalue weighted by Gasteiger charge is -2.37. The zero-order valence-corrected chi connectivity index (χ0v) is 20.7. The van der Waals surface area contributed by atoms with Gasteiger partial charge in [-0.15, -0.1) is 0 Å². The highest BCUT2D eigenvalue weighted by Gasteiger charge is 2.38. The summed E-state index contributed by atoms with van der Waals surface area (Å²) in [5.41, 5.74) is 12.1. The summed E-state index contributed by atoms with van der Waals surface area (Å²) in [6, 6.07) is 12.9. The minimum Gasteiger partial charge on any atom is -0.370 e.